The number of hydrogen-bond acceptors (Lipinski definition) is 0. The summed E-state index contributed by atoms with van der Waals surface area (Å²) < 4.78 is 10.3. The first-order chi connectivity index (χ1) is 3.98. The second-order valence-electron chi connectivity index (χ2n) is 1.58. The summed E-state index contributed by atoms with van der Waals surface area (Å²) in [6, 6.07) is 0. The molecule has 5 heteroatoms. The van der Waals surface area contributed by atoms with E-state index in [9.17, 15) is 4.39 Å². The lowest BCUT2D eigenvalue weighted by molar-refractivity contribution is 0.448. The Hall–Kier alpha value is 1.09. The van der Waals surface area contributed by atoms with Crippen LogP contribution in [0.4, 0.5) is 4.39 Å². The van der Waals surface area contributed by atoms with Crippen LogP contribution in [0.5, 0.6) is 0 Å². The zero-order valence-electron chi connectivity index (χ0n) is 4.38. The molecule has 0 aromatic heterocycles. The van der Waals surface area contributed by atoms with Crippen LogP contribution in [0.25, 0.3) is 0 Å². The van der Waals surface area contributed by atoms with Crippen molar-refractivity contribution in [3.63, 3.8) is 0 Å². The second-order valence-corrected chi connectivity index (χ2v) is 4.50. The summed E-state index contributed by atoms with van der Waals surface area (Å²) in [6.07, 6.45) is 0.0374. The minimum Gasteiger partial charge on any atom is -0.248 e. The molecule has 0 unspecified atom stereocenters. The van der Waals surface area contributed by atoms with Gasteiger partial charge in [0, 0.05) is 6.42 Å². The molecule has 0 aliphatic rings. The lowest BCUT2D eigenvalue weighted by Gasteiger charge is -2.14. The smallest absolute Gasteiger partial charge is 0.149 e. The van der Waals surface area contributed by atoms with Gasteiger partial charge in [-0.2, -0.15) is 0 Å². The molecule has 0 fully saturated rings. The van der Waals surface area contributed by atoms with Gasteiger partial charge in [0.25, 0.3) is 0 Å². The fourth-order valence-corrected chi connectivity index (χ4v) is 1.43. The van der Waals surface area contributed by atoms with Crippen molar-refractivity contribution in [3.05, 3.63) is 0 Å². The zero-order chi connectivity index (χ0) is 7.49. The molecule has 0 spiro atoms. The molecule has 0 nitrogen and oxygen atoms in total. The third kappa shape index (κ3) is 5.53. The van der Waals surface area contributed by atoms with Crippen molar-refractivity contribution in [2.24, 2.45) is 0 Å². The van der Waals surface area contributed by atoms with E-state index < -0.39 is 15.8 Å². The Morgan fingerprint density at radius 3 is 1.89 bits per heavy atom. The molecule has 0 rings (SSSR count). The van der Waals surface area contributed by atoms with E-state index in [4.69, 9.17) is 46.4 Å². The maximum Gasteiger partial charge on any atom is 0.149 e. The van der Waals surface area contributed by atoms with Crippen LogP contribution in [0.15, 0.2) is 0 Å². The van der Waals surface area contributed by atoms with Crippen molar-refractivity contribution >= 4 is 46.4 Å². The van der Waals surface area contributed by atoms with Gasteiger partial charge in [-0.1, -0.05) is 23.2 Å². The predicted octanol–water partition coefficient (Wildman–Crippen LogP) is 3.32. The number of alkyl halides is 5. The summed E-state index contributed by atoms with van der Waals surface area (Å²) in [7, 11) is 0. The third-order valence-corrected chi connectivity index (χ3v) is 1.47. The fourth-order valence-electron chi connectivity index (χ4n) is 0.280. The first-order valence-corrected chi connectivity index (χ1v) is 3.83. The molecule has 0 aliphatic carbocycles. The highest BCUT2D eigenvalue weighted by Crippen LogP contribution is 2.30. The van der Waals surface area contributed by atoms with Crippen LogP contribution in [0, 0.1) is 0 Å². The van der Waals surface area contributed by atoms with E-state index in [0.29, 0.717) is 0 Å². The van der Waals surface area contributed by atoms with Crippen LogP contribution in [0.2, 0.25) is 0 Å². The Morgan fingerprint density at radius 1 is 1.33 bits per heavy atom. The molecular weight excluding hydrogens is 209 g/mol. The first kappa shape index (κ1) is 10.1. The van der Waals surface area contributed by atoms with Crippen molar-refractivity contribution < 1.29 is 4.39 Å². The highest BCUT2D eigenvalue weighted by atomic mass is 35.5. The van der Waals surface area contributed by atoms with Gasteiger partial charge in [0.15, 0.2) is 0 Å². The topological polar surface area (TPSA) is 0 Å². The van der Waals surface area contributed by atoms with Gasteiger partial charge in [-0.05, 0) is 0 Å². The molecule has 0 radical (unpaired) electrons. The summed E-state index contributed by atoms with van der Waals surface area (Å²) in [4.78, 5) is -0.712. The lowest BCUT2D eigenvalue weighted by atomic mass is 10.3. The van der Waals surface area contributed by atoms with E-state index >= 15 is 0 Å². The summed E-state index contributed by atoms with van der Waals surface area (Å²) in [5, 5.41) is 0. The van der Waals surface area contributed by atoms with E-state index in [1.165, 1.54) is 0 Å². The molecule has 0 heterocycles. The van der Waals surface area contributed by atoms with Crippen LogP contribution >= 0.6 is 46.4 Å². The Morgan fingerprint density at radius 2 is 1.78 bits per heavy atom. The average Bonchev–Trinajstić information content (AvgIpc) is 1.63. The summed E-state index contributed by atoms with van der Waals surface area (Å²) in [5.74, 6) is 0. The van der Waals surface area contributed by atoms with Gasteiger partial charge in [-0.15, -0.1) is 23.2 Å². The Labute approximate surface area is 73.2 Å². The Bertz CT molecular complexity index is 82.6. The Balaban J connectivity index is 3.58. The van der Waals surface area contributed by atoms with Crippen molar-refractivity contribution in [1.82, 2.24) is 0 Å². The third-order valence-electron chi connectivity index (χ3n) is 0.648. The van der Waals surface area contributed by atoms with Crippen molar-refractivity contribution in [1.29, 1.82) is 0 Å². The molecule has 0 saturated carbocycles. The second kappa shape index (κ2) is 4.07. The standard InChI is InChI=1S/C4H5Cl4F/c5-3(6)1-4(7,8)2-9/h3H,1-2H2. The molecule has 0 aromatic rings. The van der Waals surface area contributed by atoms with Crippen LogP contribution < -0.4 is 0 Å². The summed E-state index contributed by atoms with van der Waals surface area (Å²) in [6.45, 7) is -0.841. The summed E-state index contributed by atoms with van der Waals surface area (Å²) >= 11 is 21.2. The first-order valence-electron chi connectivity index (χ1n) is 2.20. The minimum atomic E-state index is -1.42. The largest absolute Gasteiger partial charge is 0.248 e. The normalized spacial score (nSPS) is 12.7. The maximum absolute atomic E-state index is 11.8. The van der Waals surface area contributed by atoms with E-state index in [1.807, 2.05) is 0 Å². The minimum absolute atomic E-state index is 0.0374. The van der Waals surface area contributed by atoms with Crippen molar-refractivity contribution in [2.45, 2.75) is 15.6 Å². The van der Waals surface area contributed by atoms with Gasteiger partial charge in [0.05, 0.1) is 0 Å². The molecule has 56 valence electrons. The number of hydrogen-bond donors (Lipinski definition) is 0. The highest BCUT2D eigenvalue weighted by molar-refractivity contribution is 6.50. The zero-order valence-corrected chi connectivity index (χ0v) is 7.41. The monoisotopic (exact) mass is 212 g/mol. The Kier molecular flexibility index (Phi) is 4.56. The molecule has 9 heavy (non-hydrogen) atoms. The highest BCUT2D eigenvalue weighted by Gasteiger charge is 2.26. The van der Waals surface area contributed by atoms with Gasteiger partial charge in [0.2, 0.25) is 0 Å². The van der Waals surface area contributed by atoms with E-state index in [2.05, 4.69) is 0 Å². The fraction of sp³-hybridized carbons (Fsp3) is 1.00. The molecule has 0 bridgehead atoms. The van der Waals surface area contributed by atoms with E-state index in [1.54, 1.807) is 0 Å². The van der Waals surface area contributed by atoms with Gasteiger partial charge in [-0.3, -0.25) is 0 Å². The molecule has 0 saturated heterocycles. The van der Waals surface area contributed by atoms with Crippen molar-refractivity contribution in [3.8, 4) is 0 Å². The van der Waals surface area contributed by atoms with Crippen LogP contribution in [-0.4, -0.2) is 15.8 Å². The predicted molar refractivity (Wildman–Crippen MR) is 40.5 cm³/mol. The van der Waals surface area contributed by atoms with Crippen molar-refractivity contribution in [2.75, 3.05) is 6.67 Å². The van der Waals surface area contributed by atoms with Crippen LogP contribution in [0.3, 0.4) is 0 Å². The number of rotatable bonds is 3. The summed E-state index contributed by atoms with van der Waals surface area (Å²) in [5.41, 5.74) is 0. The van der Waals surface area contributed by atoms with Gasteiger partial charge >= 0.3 is 0 Å². The molecular formula is C4H5Cl4F. The molecule has 0 amide bonds. The molecule has 0 aromatic carbocycles. The molecule has 0 N–H and O–H groups in total. The quantitative estimate of drug-likeness (QED) is 0.632. The molecule has 0 atom stereocenters. The van der Waals surface area contributed by atoms with Crippen LogP contribution in [-0.2, 0) is 0 Å². The van der Waals surface area contributed by atoms with Gasteiger partial charge < -0.3 is 0 Å². The lowest BCUT2D eigenvalue weighted by Crippen LogP contribution is -2.18. The van der Waals surface area contributed by atoms with Gasteiger partial charge in [-0.25, -0.2) is 4.39 Å². The molecule has 0 aliphatic heterocycles. The average molecular weight is 214 g/mol. The van der Waals surface area contributed by atoms with E-state index in [0.717, 1.165) is 0 Å². The van der Waals surface area contributed by atoms with Gasteiger partial charge in [0.1, 0.15) is 15.8 Å². The van der Waals surface area contributed by atoms with Crippen LogP contribution in [0.1, 0.15) is 6.42 Å². The SMILES string of the molecule is FCC(Cl)(Cl)CC(Cl)Cl. The maximum atomic E-state index is 11.8. The number of halogens is 5. The van der Waals surface area contributed by atoms with E-state index in [-0.39, 0.29) is 6.42 Å².